The van der Waals surface area contributed by atoms with E-state index in [9.17, 15) is 18.0 Å². The molecule has 0 aliphatic rings. The molecule has 0 unspecified atom stereocenters. The number of nitrogens with one attached hydrogen (secondary N) is 1. The second kappa shape index (κ2) is 15.0. The van der Waals surface area contributed by atoms with Crippen molar-refractivity contribution in [3.63, 3.8) is 0 Å². The SMILES string of the molecule is CCCCNC(=O)[C@H](Cc1ccccc1)N(Cc1cccc(Br)c1)C(=O)CN(c1cc(C)ccc1OC)S(C)(=O)=O. The highest BCUT2D eigenvalue weighted by Crippen LogP contribution is 2.31. The first-order chi connectivity index (χ1) is 19.5. The fraction of sp³-hybridized carbons (Fsp3) is 0.355. The number of carbonyl (C=O) groups excluding carboxylic acids is 2. The van der Waals surface area contributed by atoms with Crippen LogP contribution in [-0.4, -0.2) is 57.6 Å². The molecule has 0 spiro atoms. The Balaban J connectivity index is 2.08. The van der Waals surface area contributed by atoms with E-state index in [0.29, 0.717) is 12.3 Å². The third-order valence-electron chi connectivity index (χ3n) is 6.62. The third kappa shape index (κ3) is 9.33. The zero-order chi connectivity index (χ0) is 30.0. The molecule has 0 radical (unpaired) electrons. The third-order valence-corrected chi connectivity index (χ3v) is 8.24. The molecule has 0 aliphatic heterocycles. The van der Waals surface area contributed by atoms with Gasteiger partial charge in [0.05, 0.1) is 19.1 Å². The van der Waals surface area contributed by atoms with Gasteiger partial charge in [-0.2, -0.15) is 0 Å². The van der Waals surface area contributed by atoms with Gasteiger partial charge in [0.15, 0.2) is 0 Å². The lowest BCUT2D eigenvalue weighted by atomic mass is 10.0. The molecule has 3 aromatic rings. The molecule has 1 atom stereocenters. The number of methoxy groups -OCH3 is 1. The molecule has 220 valence electrons. The Morgan fingerprint density at radius 2 is 1.71 bits per heavy atom. The van der Waals surface area contributed by atoms with Crippen molar-refractivity contribution in [1.29, 1.82) is 0 Å². The topological polar surface area (TPSA) is 96.0 Å². The summed E-state index contributed by atoms with van der Waals surface area (Å²) in [5.74, 6) is -0.472. The van der Waals surface area contributed by atoms with E-state index in [-0.39, 0.29) is 24.6 Å². The lowest BCUT2D eigenvalue weighted by Gasteiger charge is -2.34. The monoisotopic (exact) mass is 643 g/mol. The maximum absolute atomic E-state index is 14.2. The van der Waals surface area contributed by atoms with Gasteiger partial charge in [-0.15, -0.1) is 0 Å². The number of amides is 2. The summed E-state index contributed by atoms with van der Waals surface area (Å²) >= 11 is 3.49. The number of carbonyl (C=O) groups is 2. The number of unbranched alkanes of at least 4 members (excludes halogenated alkanes) is 1. The summed E-state index contributed by atoms with van der Waals surface area (Å²) < 4.78 is 33.4. The first-order valence-corrected chi connectivity index (χ1v) is 16.2. The molecule has 3 aromatic carbocycles. The molecule has 2 amide bonds. The minimum Gasteiger partial charge on any atom is -0.495 e. The Morgan fingerprint density at radius 3 is 2.34 bits per heavy atom. The number of ether oxygens (including phenoxy) is 1. The highest BCUT2D eigenvalue weighted by atomic mass is 79.9. The van der Waals surface area contributed by atoms with Crippen LogP contribution in [0, 0.1) is 6.92 Å². The highest BCUT2D eigenvalue weighted by Gasteiger charge is 2.33. The number of halogens is 1. The molecule has 0 aliphatic carbocycles. The number of anilines is 1. The van der Waals surface area contributed by atoms with Crippen molar-refractivity contribution in [2.24, 2.45) is 0 Å². The summed E-state index contributed by atoms with van der Waals surface area (Å²) in [5.41, 5.74) is 2.75. The molecule has 1 N–H and O–H groups in total. The minimum atomic E-state index is -3.90. The summed E-state index contributed by atoms with van der Waals surface area (Å²) in [5, 5.41) is 2.98. The van der Waals surface area contributed by atoms with Gasteiger partial charge in [0, 0.05) is 24.0 Å². The number of aryl methyl sites for hydroxylation is 1. The summed E-state index contributed by atoms with van der Waals surface area (Å²) in [6.45, 7) is 3.96. The molecule has 3 rings (SSSR count). The van der Waals surface area contributed by atoms with E-state index in [1.54, 1.807) is 18.2 Å². The zero-order valence-electron chi connectivity index (χ0n) is 24.0. The average Bonchev–Trinajstić information content (AvgIpc) is 2.93. The van der Waals surface area contributed by atoms with E-state index in [1.807, 2.05) is 68.4 Å². The van der Waals surface area contributed by atoms with Crippen LogP contribution in [0.1, 0.15) is 36.5 Å². The molecular formula is C31H38BrN3O5S. The molecule has 8 nitrogen and oxygen atoms in total. The van der Waals surface area contributed by atoms with Gasteiger partial charge >= 0.3 is 0 Å². The van der Waals surface area contributed by atoms with Gasteiger partial charge in [0.2, 0.25) is 21.8 Å². The van der Waals surface area contributed by atoms with Crippen molar-refractivity contribution < 1.29 is 22.7 Å². The molecular weight excluding hydrogens is 606 g/mol. The molecule has 0 aromatic heterocycles. The van der Waals surface area contributed by atoms with Gasteiger partial charge in [-0.25, -0.2) is 8.42 Å². The molecule has 0 heterocycles. The van der Waals surface area contributed by atoms with Crippen molar-refractivity contribution in [2.45, 2.75) is 45.7 Å². The van der Waals surface area contributed by atoms with E-state index in [1.165, 1.54) is 12.0 Å². The number of benzene rings is 3. The van der Waals surface area contributed by atoms with Crippen molar-refractivity contribution in [3.8, 4) is 5.75 Å². The summed E-state index contributed by atoms with van der Waals surface area (Å²) in [6.07, 6.45) is 3.04. The zero-order valence-corrected chi connectivity index (χ0v) is 26.4. The Morgan fingerprint density at radius 1 is 1.00 bits per heavy atom. The fourth-order valence-electron chi connectivity index (χ4n) is 4.48. The van der Waals surface area contributed by atoms with Crippen LogP contribution in [0.4, 0.5) is 5.69 Å². The first-order valence-electron chi connectivity index (χ1n) is 13.5. The summed E-state index contributed by atoms with van der Waals surface area (Å²) in [4.78, 5) is 29.3. The number of nitrogens with zero attached hydrogens (tertiary/aromatic N) is 2. The van der Waals surface area contributed by atoms with Gasteiger partial charge < -0.3 is 15.0 Å². The minimum absolute atomic E-state index is 0.111. The molecule has 10 heteroatoms. The maximum atomic E-state index is 14.2. The van der Waals surface area contributed by atoms with Crippen LogP contribution in [-0.2, 0) is 32.6 Å². The largest absolute Gasteiger partial charge is 0.495 e. The fourth-order valence-corrected chi connectivity index (χ4v) is 5.77. The van der Waals surface area contributed by atoms with Crippen molar-refractivity contribution in [2.75, 3.05) is 30.8 Å². The van der Waals surface area contributed by atoms with Crippen LogP contribution in [0.15, 0.2) is 77.3 Å². The van der Waals surface area contributed by atoms with Gasteiger partial charge in [-0.1, -0.05) is 77.8 Å². The number of hydrogen-bond acceptors (Lipinski definition) is 5. The van der Waals surface area contributed by atoms with Crippen LogP contribution in [0.3, 0.4) is 0 Å². The highest BCUT2D eigenvalue weighted by molar-refractivity contribution is 9.10. The van der Waals surface area contributed by atoms with Crippen LogP contribution < -0.4 is 14.4 Å². The molecule has 0 saturated heterocycles. The Kier molecular flexibility index (Phi) is 11.8. The van der Waals surface area contributed by atoms with Crippen LogP contribution >= 0.6 is 15.9 Å². The Bertz CT molecular complexity index is 1430. The first kappa shape index (κ1) is 32.1. The standard InChI is InChI=1S/C31H38BrN3O5S/c1-5-6-17-33-31(37)28(20-24-11-8-7-9-12-24)34(21-25-13-10-14-26(32)19-25)30(36)22-35(41(4,38)39)27-18-23(2)15-16-29(27)40-3/h7-16,18-19,28H,5-6,17,20-22H2,1-4H3,(H,33,37)/t28-/m0/s1. The van der Waals surface area contributed by atoms with Gasteiger partial charge in [-0.05, 0) is 54.3 Å². The van der Waals surface area contributed by atoms with Crippen molar-refractivity contribution >= 4 is 43.5 Å². The van der Waals surface area contributed by atoms with Crippen molar-refractivity contribution in [3.05, 3.63) is 94.0 Å². The van der Waals surface area contributed by atoms with E-state index in [4.69, 9.17) is 4.74 Å². The van der Waals surface area contributed by atoms with Gasteiger partial charge in [0.1, 0.15) is 18.3 Å². The van der Waals surface area contributed by atoms with Gasteiger partial charge in [0.25, 0.3) is 0 Å². The van der Waals surface area contributed by atoms with E-state index in [0.717, 1.165) is 44.6 Å². The van der Waals surface area contributed by atoms with Crippen molar-refractivity contribution in [1.82, 2.24) is 10.2 Å². The predicted molar refractivity (Wildman–Crippen MR) is 166 cm³/mol. The summed E-state index contributed by atoms with van der Waals surface area (Å²) in [6, 6.07) is 21.3. The Hall–Kier alpha value is -3.37. The maximum Gasteiger partial charge on any atom is 0.244 e. The average molecular weight is 645 g/mol. The van der Waals surface area contributed by atoms with Crippen LogP contribution in [0.25, 0.3) is 0 Å². The quantitative estimate of drug-likeness (QED) is 0.247. The van der Waals surface area contributed by atoms with E-state index in [2.05, 4.69) is 21.2 Å². The molecule has 0 bridgehead atoms. The Labute approximate surface area is 251 Å². The normalized spacial score (nSPS) is 11.9. The predicted octanol–water partition coefficient (Wildman–Crippen LogP) is 5.09. The smallest absolute Gasteiger partial charge is 0.244 e. The number of rotatable bonds is 14. The summed E-state index contributed by atoms with van der Waals surface area (Å²) in [7, 11) is -2.45. The van der Waals surface area contributed by atoms with Crippen LogP contribution in [0.2, 0.25) is 0 Å². The van der Waals surface area contributed by atoms with Gasteiger partial charge in [-0.3, -0.25) is 13.9 Å². The molecule has 0 saturated carbocycles. The second-order valence-corrected chi connectivity index (χ2v) is 12.8. The van der Waals surface area contributed by atoms with E-state index < -0.39 is 28.5 Å². The molecule has 41 heavy (non-hydrogen) atoms. The van der Waals surface area contributed by atoms with E-state index >= 15 is 0 Å². The van der Waals surface area contributed by atoms with Crippen LogP contribution in [0.5, 0.6) is 5.75 Å². The second-order valence-electron chi connectivity index (χ2n) is 9.95. The lowest BCUT2D eigenvalue weighted by Crippen LogP contribution is -2.53. The lowest BCUT2D eigenvalue weighted by molar-refractivity contribution is -0.140. The number of hydrogen-bond donors (Lipinski definition) is 1. The molecule has 0 fully saturated rings. The number of sulfonamides is 1.